The quantitative estimate of drug-likeness (QED) is 0.0454. The van der Waals surface area contributed by atoms with Gasteiger partial charge >= 0.3 is 31.1 Å². The molecule has 25 heteroatoms. The van der Waals surface area contributed by atoms with Crippen LogP contribution in [0.3, 0.4) is 0 Å². The van der Waals surface area contributed by atoms with E-state index in [9.17, 15) is 64.5 Å². The van der Waals surface area contributed by atoms with E-state index in [1.807, 2.05) is 33.3 Å². The molecule has 64 heavy (non-hydrogen) atoms. The first kappa shape index (κ1) is 53.4. The van der Waals surface area contributed by atoms with Gasteiger partial charge < -0.3 is 30.9 Å². The highest BCUT2D eigenvalue weighted by Crippen LogP contribution is 2.42. The Bertz CT molecular complexity index is 2110. The number of aromatic nitrogens is 2. The predicted octanol–water partition coefficient (Wildman–Crippen LogP) is 7.46. The molecule has 0 saturated heterocycles. The Morgan fingerprint density at radius 3 is 1.78 bits per heavy atom. The number of rotatable bonds is 17. The average Bonchev–Trinajstić information content (AvgIpc) is 3.64. The molecular weight excluding hydrogens is 995 g/mol. The van der Waals surface area contributed by atoms with E-state index >= 15 is 8.78 Å². The summed E-state index contributed by atoms with van der Waals surface area (Å²) in [6.07, 6.45) is -15.7. The van der Waals surface area contributed by atoms with Crippen molar-refractivity contribution in [2.75, 3.05) is 6.54 Å². The number of aliphatic hydroxyl groups is 1. The van der Waals surface area contributed by atoms with E-state index in [2.05, 4.69) is 10.4 Å². The van der Waals surface area contributed by atoms with Gasteiger partial charge in [0.15, 0.2) is 0 Å². The first-order chi connectivity index (χ1) is 29.1. The van der Waals surface area contributed by atoms with Crippen LogP contribution in [0.4, 0.5) is 53.5 Å². The zero-order chi connectivity index (χ0) is 48.9. The van der Waals surface area contributed by atoms with Crippen molar-refractivity contribution in [1.29, 1.82) is 0 Å². The second-order valence-electron chi connectivity index (χ2n) is 16.6. The van der Waals surface area contributed by atoms with Gasteiger partial charge in [0.25, 0.3) is 5.91 Å². The lowest BCUT2D eigenvalue weighted by atomic mass is 9.82. The molecular formula is C39H46F10IN7O7. The van der Waals surface area contributed by atoms with Gasteiger partial charge in [-0.1, -0.05) is 12.1 Å². The van der Waals surface area contributed by atoms with Crippen molar-refractivity contribution in [2.45, 2.75) is 110 Å². The lowest BCUT2D eigenvalue weighted by molar-refractivity contribution is -0.221. The summed E-state index contributed by atoms with van der Waals surface area (Å²) in [6.45, 7) is 0.939. The van der Waals surface area contributed by atoms with Gasteiger partial charge in [-0.05, 0) is 113 Å². The van der Waals surface area contributed by atoms with Crippen LogP contribution in [-0.4, -0.2) is 97.7 Å². The first-order valence-corrected chi connectivity index (χ1v) is 19.9. The van der Waals surface area contributed by atoms with Gasteiger partial charge in [0.2, 0.25) is 5.91 Å². The Labute approximate surface area is 373 Å². The third-order valence-electron chi connectivity index (χ3n) is 9.79. The largest absolute Gasteiger partial charge is 0.465 e. The number of aliphatic hydroxyl groups excluding tert-OH is 1. The average molecular weight is 1040 g/mol. The number of hydrogen-bond donors (Lipinski definition) is 6. The molecule has 3 aromatic rings. The summed E-state index contributed by atoms with van der Waals surface area (Å²) < 4.78 is 150. The van der Waals surface area contributed by atoms with Crippen LogP contribution in [0.2, 0.25) is 0 Å². The minimum atomic E-state index is -5.26. The monoisotopic (exact) mass is 1040 g/mol. The number of nitrogens with one attached hydrogen (secondary N) is 4. The van der Waals surface area contributed by atoms with Crippen LogP contribution in [0, 0.1) is 26.0 Å². The topological polar surface area (TPSA) is 187 Å². The van der Waals surface area contributed by atoms with Gasteiger partial charge in [0, 0.05) is 34.0 Å². The van der Waals surface area contributed by atoms with Crippen LogP contribution in [-0.2, 0) is 27.3 Å². The van der Waals surface area contributed by atoms with E-state index in [4.69, 9.17) is 4.74 Å². The molecule has 0 saturated carbocycles. The van der Waals surface area contributed by atoms with Gasteiger partial charge in [0.1, 0.15) is 29.3 Å². The molecule has 2 aromatic carbocycles. The smallest absolute Gasteiger partial charge is 0.408 e. The molecule has 0 aliphatic rings. The number of alkyl halides is 8. The summed E-state index contributed by atoms with van der Waals surface area (Å²) in [5.74, 6) is -6.16. The molecule has 1 heterocycles. The van der Waals surface area contributed by atoms with E-state index in [0.717, 1.165) is 12.3 Å². The Morgan fingerprint density at radius 2 is 1.33 bits per heavy atom. The third-order valence-corrected chi connectivity index (χ3v) is 10.5. The van der Waals surface area contributed by atoms with E-state index in [1.165, 1.54) is 38.2 Å². The number of nitrogens with zero attached hydrogens (tertiary/aromatic N) is 3. The Hall–Kier alpha value is -4.92. The fourth-order valence-corrected chi connectivity index (χ4v) is 6.22. The molecule has 3 rings (SSSR count). The minimum Gasteiger partial charge on any atom is -0.465 e. The normalized spacial score (nSPS) is 14.7. The molecule has 4 amide bonds. The van der Waals surface area contributed by atoms with Crippen molar-refractivity contribution in [2.24, 2.45) is 10.8 Å². The number of carboxylic acid groups (broad SMARTS) is 1. The number of hydrogen-bond acceptors (Lipinski definition) is 8. The fraction of sp³-hybridized carbons (Fsp3) is 0.513. The van der Waals surface area contributed by atoms with Gasteiger partial charge in [-0.15, -0.1) is 0 Å². The maximum atomic E-state index is 15.8. The summed E-state index contributed by atoms with van der Waals surface area (Å²) >= 11 is 1.95. The van der Waals surface area contributed by atoms with Crippen LogP contribution in [0.5, 0.6) is 0 Å². The van der Waals surface area contributed by atoms with Crippen LogP contribution in [0.15, 0.2) is 48.7 Å². The molecule has 4 atom stereocenters. The summed E-state index contributed by atoms with van der Waals surface area (Å²) in [5, 5.41) is 30.8. The first-order valence-electron chi connectivity index (χ1n) is 18.9. The lowest BCUT2D eigenvalue weighted by Crippen LogP contribution is -2.63. The second kappa shape index (κ2) is 20.5. The Kier molecular flexibility index (Phi) is 17.1. The molecule has 4 unspecified atom stereocenters. The lowest BCUT2D eigenvalue weighted by Gasteiger charge is -2.38. The van der Waals surface area contributed by atoms with Crippen molar-refractivity contribution in [1.82, 2.24) is 36.2 Å². The number of halogens is 11. The summed E-state index contributed by atoms with van der Waals surface area (Å²) in [4.78, 5) is 52.0. The standard InChI is InChI=1S/C39H46F10IN7O7/c1-35(2,3)64-34(63)53-28(36(4,5)38(44,45)46)30(59)51-26(14-19-8-10-21(50)11-9-19)27(58)18-56(55-31(60)29(52-33(61)62)37(6,7)39(47,48)49)17-22-23(40)15-20(16-24(22)41)25-12-13-57(54-25)32(42)43/h8-13,15-16,26-29,32,52,58H,14,17-18H2,1-7H3,(H,51,59)(H,53,63)(H,55,60)(H,61,62). The van der Waals surface area contributed by atoms with Crippen LogP contribution >= 0.6 is 22.6 Å². The number of carbonyl (C=O) groups is 4. The number of carbonyl (C=O) groups excluding carboxylic acids is 3. The Morgan fingerprint density at radius 1 is 0.812 bits per heavy atom. The van der Waals surface area contributed by atoms with Crippen molar-refractivity contribution < 1.29 is 78.0 Å². The van der Waals surface area contributed by atoms with Crippen molar-refractivity contribution in [3.63, 3.8) is 0 Å². The van der Waals surface area contributed by atoms with Crippen molar-refractivity contribution >= 4 is 46.6 Å². The van der Waals surface area contributed by atoms with Gasteiger partial charge in [-0.3, -0.25) is 15.0 Å². The van der Waals surface area contributed by atoms with E-state index < -0.39 is 120 Å². The van der Waals surface area contributed by atoms with Gasteiger partial charge in [-0.25, -0.2) is 28.1 Å². The highest BCUT2D eigenvalue weighted by molar-refractivity contribution is 14.1. The molecule has 1 aromatic heterocycles. The van der Waals surface area contributed by atoms with Crippen molar-refractivity contribution in [3.8, 4) is 11.3 Å². The van der Waals surface area contributed by atoms with Crippen molar-refractivity contribution in [3.05, 3.63) is 75.0 Å². The molecule has 0 bridgehead atoms. The predicted molar refractivity (Wildman–Crippen MR) is 216 cm³/mol. The number of benzene rings is 2. The zero-order valence-corrected chi connectivity index (χ0v) is 37.2. The number of ether oxygens (including phenoxy) is 1. The van der Waals surface area contributed by atoms with Crippen LogP contribution in [0.25, 0.3) is 11.3 Å². The van der Waals surface area contributed by atoms with E-state index in [-0.39, 0.29) is 15.9 Å². The highest BCUT2D eigenvalue weighted by atomic mass is 127. The van der Waals surface area contributed by atoms with E-state index in [0.29, 0.717) is 54.0 Å². The van der Waals surface area contributed by atoms with Crippen LogP contribution < -0.4 is 21.4 Å². The molecule has 0 aliphatic heterocycles. The molecule has 0 spiro atoms. The maximum absolute atomic E-state index is 15.8. The van der Waals surface area contributed by atoms with E-state index in [1.54, 1.807) is 12.1 Å². The molecule has 356 valence electrons. The molecule has 0 aliphatic carbocycles. The number of hydrazine groups is 1. The molecule has 0 fully saturated rings. The van der Waals surface area contributed by atoms with Gasteiger partial charge in [0.05, 0.1) is 28.7 Å². The fourth-order valence-electron chi connectivity index (χ4n) is 5.86. The zero-order valence-electron chi connectivity index (χ0n) is 35.1. The maximum Gasteiger partial charge on any atom is 0.408 e. The Balaban J connectivity index is 2.16. The van der Waals surface area contributed by atoms with Gasteiger partial charge in [-0.2, -0.15) is 40.2 Å². The minimum absolute atomic E-state index is 0.188. The SMILES string of the molecule is CC(C)(C)OC(=O)NC(C(=O)NC(Cc1ccc(I)cc1)C(O)CN(Cc1c(F)cc(-c2ccn(C(F)F)n2)cc1F)NC(=O)C(NC(=O)O)C(C)(C)C(F)(F)F)C(C)(C)C(F)(F)F. The van der Waals surface area contributed by atoms with Crippen LogP contribution in [0.1, 0.15) is 66.1 Å². The summed E-state index contributed by atoms with van der Waals surface area (Å²) in [5.41, 5.74) is -6.80. The molecule has 14 nitrogen and oxygen atoms in total. The number of alkyl carbamates (subject to hydrolysis) is 1. The summed E-state index contributed by atoms with van der Waals surface area (Å²) in [7, 11) is 0. The highest BCUT2D eigenvalue weighted by Gasteiger charge is 2.57. The molecule has 0 radical (unpaired) electrons. The molecule has 6 N–H and O–H groups in total. The number of amides is 4. The summed E-state index contributed by atoms with van der Waals surface area (Å²) in [6, 6.07) is 1.62. The second-order valence-corrected chi connectivity index (χ2v) is 17.9. The third kappa shape index (κ3) is 14.0.